The van der Waals surface area contributed by atoms with Crippen LogP contribution in [-0.2, 0) is 0 Å². The van der Waals surface area contributed by atoms with Crippen molar-refractivity contribution >= 4 is 0 Å². The van der Waals surface area contributed by atoms with Gasteiger partial charge in [0.15, 0.2) is 0 Å². The van der Waals surface area contributed by atoms with E-state index in [0.717, 1.165) is 17.5 Å². The minimum absolute atomic E-state index is 0.258. The van der Waals surface area contributed by atoms with E-state index in [1.54, 1.807) is 6.07 Å². The monoisotopic (exact) mass is 222 g/mol. The Morgan fingerprint density at radius 1 is 1.38 bits per heavy atom. The highest BCUT2D eigenvalue weighted by Crippen LogP contribution is 2.33. The normalized spacial score (nSPS) is 18.9. The highest BCUT2D eigenvalue weighted by atomic mass is 19.1. The third kappa shape index (κ3) is 2.62. The Morgan fingerprint density at radius 2 is 2.06 bits per heavy atom. The molecule has 1 nitrogen and oxygen atoms in total. The van der Waals surface area contributed by atoms with Crippen molar-refractivity contribution < 1.29 is 9.50 Å². The number of rotatable bonds is 3. The predicted octanol–water partition coefficient (Wildman–Crippen LogP) is 3.75. The molecule has 2 rings (SSSR count). The van der Waals surface area contributed by atoms with Crippen LogP contribution >= 0.6 is 0 Å². The topological polar surface area (TPSA) is 20.2 Å². The van der Waals surface area contributed by atoms with Gasteiger partial charge in [-0.2, -0.15) is 0 Å². The van der Waals surface area contributed by atoms with Gasteiger partial charge in [-0.3, -0.25) is 0 Å². The molecule has 1 N–H and O–H groups in total. The standard InChI is InChI=1S/C14H19FO/c1-10-6-7-12(15)9-13(10)14(16)8-11-4-2-3-5-11/h6-7,9,11,14,16H,2-5,8H2,1H3. The van der Waals surface area contributed by atoms with E-state index in [2.05, 4.69) is 0 Å². The highest BCUT2D eigenvalue weighted by molar-refractivity contribution is 5.28. The van der Waals surface area contributed by atoms with Crippen LogP contribution in [0.4, 0.5) is 4.39 Å². The maximum atomic E-state index is 13.1. The first-order chi connectivity index (χ1) is 7.66. The molecule has 0 heterocycles. The molecule has 0 aliphatic heterocycles. The Balaban J connectivity index is 2.07. The first kappa shape index (κ1) is 11.6. The van der Waals surface area contributed by atoms with E-state index in [9.17, 15) is 9.50 Å². The van der Waals surface area contributed by atoms with Crippen LogP contribution in [0.3, 0.4) is 0 Å². The van der Waals surface area contributed by atoms with Crippen LogP contribution < -0.4 is 0 Å². The van der Waals surface area contributed by atoms with E-state index in [0.29, 0.717) is 5.92 Å². The number of benzene rings is 1. The second-order valence-electron chi connectivity index (χ2n) is 4.90. The quantitative estimate of drug-likeness (QED) is 0.825. The third-order valence-corrected chi connectivity index (χ3v) is 3.63. The number of hydrogen-bond donors (Lipinski definition) is 1. The number of aliphatic hydroxyl groups is 1. The van der Waals surface area contributed by atoms with Gasteiger partial charge < -0.3 is 5.11 Å². The van der Waals surface area contributed by atoms with E-state index in [4.69, 9.17) is 0 Å². The van der Waals surface area contributed by atoms with Gasteiger partial charge in [0.2, 0.25) is 0 Å². The number of aryl methyl sites for hydroxylation is 1. The molecular weight excluding hydrogens is 203 g/mol. The number of halogens is 1. The summed E-state index contributed by atoms with van der Waals surface area (Å²) in [5.41, 5.74) is 1.73. The summed E-state index contributed by atoms with van der Waals surface area (Å²) in [6, 6.07) is 4.65. The van der Waals surface area contributed by atoms with Gasteiger partial charge in [0.25, 0.3) is 0 Å². The Labute approximate surface area is 96.3 Å². The first-order valence-corrected chi connectivity index (χ1v) is 6.11. The summed E-state index contributed by atoms with van der Waals surface area (Å²) in [6.07, 6.45) is 5.26. The molecule has 0 radical (unpaired) electrons. The molecule has 1 aromatic carbocycles. The molecule has 0 saturated heterocycles. The summed E-state index contributed by atoms with van der Waals surface area (Å²) in [4.78, 5) is 0. The smallest absolute Gasteiger partial charge is 0.123 e. The summed E-state index contributed by atoms with van der Waals surface area (Å²) in [7, 11) is 0. The molecule has 0 spiro atoms. The molecule has 1 aliphatic rings. The van der Waals surface area contributed by atoms with Crippen LogP contribution in [0.15, 0.2) is 18.2 Å². The van der Waals surface area contributed by atoms with Crippen molar-refractivity contribution in [2.75, 3.05) is 0 Å². The summed E-state index contributed by atoms with van der Waals surface area (Å²) in [6.45, 7) is 1.92. The third-order valence-electron chi connectivity index (χ3n) is 3.63. The van der Waals surface area contributed by atoms with Crippen LogP contribution in [0, 0.1) is 18.7 Å². The van der Waals surface area contributed by atoms with Gasteiger partial charge in [-0.25, -0.2) is 4.39 Å². The molecule has 0 amide bonds. The molecule has 0 bridgehead atoms. The maximum absolute atomic E-state index is 13.1. The van der Waals surface area contributed by atoms with Crippen LogP contribution in [0.25, 0.3) is 0 Å². The van der Waals surface area contributed by atoms with Crippen molar-refractivity contribution in [1.29, 1.82) is 0 Å². The van der Waals surface area contributed by atoms with Crippen LogP contribution in [0.2, 0.25) is 0 Å². The van der Waals surface area contributed by atoms with Gasteiger partial charge >= 0.3 is 0 Å². The molecule has 0 aromatic heterocycles. The fraction of sp³-hybridized carbons (Fsp3) is 0.571. The molecule has 1 aromatic rings. The predicted molar refractivity (Wildman–Crippen MR) is 62.7 cm³/mol. The lowest BCUT2D eigenvalue weighted by Crippen LogP contribution is -2.06. The van der Waals surface area contributed by atoms with E-state index in [1.165, 1.54) is 37.8 Å². The van der Waals surface area contributed by atoms with Crippen molar-refractivity contribution in [3.05, 3.63) is 35.1 Å². The minimum atomic E-state index is -0.501. The lowest BCUT2D eigenvalue weighted by molar-refractivity contribution is 0.144. The summed E-state index contributed by atoms with van der Waals surface area (Å²) in [5.74, 6) is 0.365. The highest BCUT2D eigenvalue weighted by Gasteiger charge is 2.20. The van der Waals surface area contributed by atoms with Gasteiger partial charge in [-0.1, -0.05) is 31.7 Å². The second-order valence-corrected chi connectivity index (χ2v) is 4.90. The lowest BCUT2D eigenvalue weighted by Gasteiger charge is -2.17. The van der Waals surface area contributed by atoms with Gasteiger partial charge in [-0.05, 0) is 42.5 Å². The summed E-state index contributed by atoms with van der Waals surface area (Å²) < 4.78 is 13.1. The Hall–Kier alpha value is -0.890. The summed E-state index contributed by atoms with van der Waals surface area (Å²) in [5, 5.41) is 10.1. The lowest BCUT2D eigenvalue weighted by atomic mass is 9.93. The molecule has 1 saturated carbocycles. The average molecular weight is 222 g/mol. The Morgan fingerprint density at radius 3 is 2.75 bits per heavy atom. The zero-order chi connectivity index (χ0) is 11.5. The Bertz CT molecular complexity index is 356. The van der Waals surface area contributed by atoms with E-state index in [-0.39, 0.29) is 5.82 Å². The molecular formula is C14H19FO. The van der Waals surface area contributed by atoms with Crippen molar-refractivity contribution in [3.8, 4) is 0 Å². The molecule has 1 atom stereocenters. The van der Waals surface area contributed by atoms with Crippen LogP contribution in [-0.4, -0.2) is 5.11 Å². The van der Waals surface area contributed by atoms with Crippen molar-refractivity contribution in [1.82, 2.24) is 0 Å². The maximum Gasteiger partial charge on any atom is 0.123 e. The minimum Gasteiger partial charge on any atom is -0.388 e. The van der Waals surface area contributed by atoms with Crippen LogP contribution in [0.5, 0.6) is 0 Å². The van der Waals surface area contributed by atoms with E-state index in [1.807, 2.05) is 6.92 Å². The van der Waals surface area contributed by atoms with Crippen molar-refractivity contribution in [2.24, 2.45) is 5.92 Å². The second kappa shape index (κ2) is 4.96. The zero-order valence-corrected chi connectivity index (χ0v) is 9.75. The van der Waals surface area contributed by atoms with Crippen molar-refractivity contribution in [2.45, 2.75) is 45.1 Å². The number of aliphatic hydroxyl groups excluding tert-OH is 1. The first-order valence-electron chi connectivity index (χ1n) is 6.11. The Kier molecular flexibility index (Phi) is 3.59. The fourth-order valence-electron chi connectivity index (χ4n) is 2.66. The molecule has 88 valence electrons. The molecule has 16 heavy (non-hydrogen) atoms. The van der Waals surface area contributed by atoms with Gasteiger partial charge in [0.1, 0.15) is 5.82 Å². The molecule has 2 heteroatoms. The van der Waals surface area contributed by atoms with Gasteiger partial charge in [-0.15, -0.1) is 0 Å². The number of hydrogen-bond acceptors (Lipinski definition) is 1. The fourth-order valence-corrected chi connectivity index (χ4v) is 2.66. The van der Waals surface area contributed by atoms with Crippen LogP contribution in [0.1, 0.15) is 49.3 Å². The zero-order valence-electron chi connectivity index (χ0n) is 9.75. The molecule has 1 fully saturated rings. The molecule has 1 aliphatic carbocycles. The van der Waals surface area contributed by atoms with Gasteiger partial charge in [0.05, 0.1) is 6.10 Å². The largest absolute Gasteiger partial charge is 0.388 e. The van der Waals surface area contributed by atoms with Crippen molar-refractivity contribution in [3.63, 3.8) is 0 Å². The summed E-state index contributed by atoms with van der Waals surface area (Å²) >= 11 is 0. The SMILES string of the molecule is Cc1ccc(F)cc1C(O)CC1CCCC1. The molecule has 1 unspecified atom stereocenters. The average Bonchev–Trinajstić information content (AvgIpc) is 2.74. The van der Waals surface area contributed by atoms with E-state index >= 15 is 0 Å². The van der Waals surface area contributed by atoms with E-state index < -0.39 is 6.10 Å². The van der Waals surface area contributed by atoms with Gasteiger partial charge in [0, 0.05) is 0 Å².